The third-order valence-electron chi connectivity index (χ3n) is 4.78. The summed E-state index contributed by atoms with van der Waals surface area (Å²) in [6, 6.07) is -2.26. The Kier molecular flexibility index (Phi) is 5.32. The molecule has 0 aromatic carbocycles. The van der Waals surface area contributed by atoms with Gasteiger partial charge >= 0.3 is 16.4 Å². The number of nitrogens with zero attached hydrogens (tertiary/aromatic N) is 2. The summed E-state index contributed by atoms with van der Waals surface area (Å²) in [5.74, 6) is -1.10. The average molecular weight is 391 g/mol. The number of hydrogen-bond acceptors (Lipinski definition) is 7. The minimum atomic E-state index is -4.84. The van der Waals surface area contributed by atoms with Crippen LogP contribution in [0.1, 0.15) is 25.7 Å². The first-order valence-electron chi connectivity index (χ1n) is 8.33. The van der Waals surface area contributed by atoms with Crippen LogP contribution >= 0.6 is 0 Å². The maximum Gasteiger partial charge on any atom is 0.418 e. The second-order valence-electron chi connectivity index (χ2n) is 6.53. The van der Waals surface area contributed by atoms with E-state index in [1.54, 1.807) is 0 Å². The van der Waals surface area contributed by atoms with Crippen LogP contribution in [0.15, 0.2) is 0 Å². The number of piperidine rings is 2. The normalized spacial score (nSPS) is 28.8. The Hall–Kier alpha value is -1.96. The number of urea groups is 1. The van der Waals surface area contributed by atoms with E-state index in [4.69, 9.17) is 4.55 Å². The Morgan fingerprint density at radius 1 is 1.19 bits per heavy atom. The standard InChI is InChI=1S/C13H21N5O7S/c19-11(8-2-1-5-14-6-8)15-16-12(20)10-4-3-9-7-17(10)13(21)18(9)25-26(22,23)24/h8-10,14H,1-7H2,(H,15,19)(H,16,20)(H,22,23,24)/t8-,9-,10-/m0/s1. The summed E-state index contributed by atoms with van der Waals surface area (Å²) in [6.07, 6.45) is 2.19. The second-order valence-corrected chi connectivity index (χ2v) is 7.54. The van der Waals surface area contributed by atoms with Crippen molar-refractivity contribution in [2.24, 2.45) is 5.92 Å². The molecule has 0 spiro atoms. The number of nitrogens with one attached hydrogen (secondary N) is 3. The lowest BCUT2D eigenvalue weighted by molar-refractivity contribution is -0.133. The van der Waals surface area contributed by atoms with E-state index in [2.05, 4.69) is 20.5 Å². The minimum Gasteiger partial charge on any atom is -0.316 e. The van der Waals surface area contributed by atoms with Crippen LogP contribution in [0.4, 0.5) is 4.79 Å². The molecule has 0 aromatic heterocycles. The molecule has 0 aromatic rings. The van der Waals surface area contributed by atoms with Gasteiger partial charge in [-0.3, -0.25) is 25.0 Å². The molecule has 4 N–H and O–H groups in total. The maximum atomic E-state index is 12.3. The van der Waals surface area contributed by atoms with Crippen LogP contribution in [0.2, 0.25) is 0 Å². The number of carbonyl (C=O) groups excluding carboxylic acids is 3. The zero-order chi connectivity index (χ0) is 18.9. The SMILES string of the molecule is O=C(NNC(=O)[C@@H]1CC[C@H]2CN1C(=O)N2OS(=O)(=O)O)[C@H]1CCCNC1. The van der Waals surface area contributed by atoms with Gasteiger partial charge in [-0.15, -0.1) is 4.28 Å². The topological polar surface area (TPSA) is 157 Å². The van der Waals surface area contributed by atoms with Gasteiger partial charge in [-0.05, 0) is 32.2 Å². The van der Waals surface area contributed by atoms with Crippen molar-refractivity contribution in [2.75, 3.05) is 19.6 Å². The molecular weight excluding hydrogens is 370 g/mol. The summed E-state index contributed by atoms with van der Waals surface area (Å²) in [5.41, 5.74) is 4.70. The molecule has 3 heterocycles. The van der Waals surface area contributed by atoms with Crippen molar-refractivity contribution in [1.29, 1.82) is 0 Å². The van der Waals surface area contributed by atoms with Gasteiger partial charge in [0.25, 0.3) is 5.91 Å². The van der Waals surface area contributed by atoms with Crippen molar-refractivity contribution in [3.05, 3.63) is 0 Å². The van der Waals surface area contributed by atoms with E-state index in [1.807, 2.05) is 0 Å². The quantitative estimate of drug-likeness (QED) is 0.321. The number of hydrogen-bond donors (Lipinski definition) is 4. The first-order chi connectivity index (χ1) is 12.3. The predicted molar refractivity (Wildman–Crippen MR) is 85.3 cm³/mol. The van der Waals surface area contributed by atoms with E-state index < -0.39 is 34.4 Å². The number of carbonyl (C=O) groups is 3. The number of amides is 4. The smallest absolute Gasteiger partial charge is 0.316 e. The molecule has 3 fully saturated rings. The molecule has 3 aliphatic rings. The lowest BCUT2D eigenvalue weighted by Gasteiger charge is -2.29. The Bertz CT molecular complexity index is 693. The van der Waals surface area contributed by atoms with Gasteiger partial charge in [0.05, 0.1) is 12.0 Å². The van der Waals surface area contributed by atoms with Crippen molar-refractivity contribution < 1.29 is 31.6 Å². The Morgan fingerprint density at radius 2 is 1.92 bits per heavy atom. The molecule has 0 unspecified atom stereocenters. The summed E-state index contributed by atoms with van der Waals surface area (Å²) in [4.78, 5) is 37.8. The average Bonchev–Trinajstić information content (AvgIpc) is 2.84. The van der Waals surface area contributed by atoms with Crippen molar-refractivity contribution in [1.82, 2.24) is 26.1 Å². The monoisotopic (exact) mass is 391 g/mol. The molecule has 0 saturated carbocycles. The number of hydroxylamine groups is 2. The molecule has 13 heteroatoms. The van der Waals surface area contributed by atoms with Gasteiger partial charge in [-0.1, -0.05) is 0 Å². The van der Waals surface area contributed by atoms with E-state index >= 15 is 0 Å². The van der Waals surface area contributed by atoms with Gasteiger partial charge < -0.3 is 10.2 Å². The van der Waals surface area contributed by atoms with E-state index in [9.17, 15) is 22.8 Å². The molecular formula is C13H21N5O7S. The molecule has 3 aliphatic heterocycles. The van der Waals surface area contributed by atoms with E-state index in [1.165, 1.54) is 0 Å². The van der Waals surface area contributed by atoms with Crippen LogP contribution in [-0.4, -0.2) is 72.5 Å². The molecule has 0 aliphatic carbocycles. The highest BCUT2D eigenvalue weighted by molar-refractivity contribution is 7.80. The number of hydrazine groups is 1. The van der Waals surface area contributed by atoms with Crippen LogP contribution in [0, 0.1) is 5.92 Å². The fourth-order valence-corrected chi connectivity index (χ4v) is 3.88. The fraction of sp³-hybridized carbons (Fsp3) is 0.769. The second kappa shape index (κ2) is 7.34. The van der Waals surface area contributed by atoms with Crippen LogP contribution < -0.4 is 16.2 Å². The first-order valence-corrected chi connectivity index (χ1v) is 9.70. The maximum absolute atomic E-state index is 12.3. The predicted octanol–water partition coefficient (Wildman–Crippen LogP) is -1.86. The van der Waals surface area contributed by atoms with Crippen molar-refractivity contribution >= 4 is 28.2 Å². The summed E-state index contributed by atoms with van der Waals surface area (Å²) in [7, 11) is -4.84. The van der Waals surface area contributed by atoms with Crippen LogP contribution in [0.3, 0.4) is 0 Å². The summed E-state index contributed by atoms with van der Waals surface area (Å²) in [5, 5.41) is 3.67. The van der Waals surface area contributed by atoms with Gasteiger partial charge in [0.2, 0.25) is 5.91 Å². The minimum absolute atomic E-state index is 0.0902. The summed E-state index contributed by atoms with van der Waals surface area (Å²) in [6.45, 7) is 1.49. The fourth-order valence-electron chi connectivity index (χ4n) is 3.49. The summed E-state index contributed by atoms with van der Waals surface area (Å²) >= 11 is 0. The van der Waals surface area contributed by atoms with Gasteiger partial charge in [0, 0.05) is 13.1 Å². The zero-order valence-electron chi connectivity index (χ0n) is 13.9. The number of rotatable bonds is 4. The Balaban J connectivity index is 1.56. The van der Waals surface area contributed by atoms with Gasteiger partial charge in [0.15, 0.2) is 0 Å². The van der Waals surface area contributed by atoms with Crippen molar-refractivity contribution in [2.45, 2.75) is 37.8 Å². The van der Waals surface area contributed by atoms with Crippen molar-refractivity contribution in [3.63, 3.8) is 0 Å². The van der Waals surface area contributed by atoms with Crippen LogP contribution in [-0.2, 0) is 24.3 Å². The Morgan fingerprint density at radius 3 is 2.58 bits per heavy atom. The highest BCUT2D eigenvalue weighted by atomic mass is 32.3. The lowest BCUT2D eigenvalue weighted by atomic mass is 9.99. The van der Waals surface area contributed by atoms with Gasteiger partial charge in [0.1, 0.15) is 6.04 Å². The zero-order valence-corrected chi connectivity index (χ0v) is 14.7. The largest absolute Gasteiger partial charge is 0.418 e. The summed E-state index contributed by atoms with van der Waals surface area (Å²) < 4.78 is 34.8. The van der Waals surface area contributed by atoms with Crippen molar-refractivity contribution in [3.8, 4) is 0 Å². The molecule has 2 bridgehead atoms. The molecule has 3 rings (SSSR count). The van der Waals surface area contributed by atoms with Crippen LogP contribution in [0.5, 0.6) is 0 Å². The van der Waals surface area contributed by atoms with E-state index in [-0.39, 0.29) is 24.8 Å². The molecule has 3 saturated heterocycles. The highest BCUT2D eigenvalue weighted by Gasteiger charge is 2.49. The van der Waals surface area contributed by atoms with Crippen LogP contribution in [0.25, 0.3) is 0 Å². The third-order valence-corrected chi connectivity index (χ3v) is 5.13. The Labute approximate surface area is 150 Å². The molecule has 12 nitrogen and oxygen atoms in total. The molecule has 3 atom stereocenters. The number of fused-ring (bicyclic) bond motifs is 2. The third kappa shape index (κ3) is 4.06. The first kappa shape index (κ1) is 18.8. The van der Waals surface area contributed by atoms with E-state index in [0.29, 0.717) is 18.0 Å². The molecule has 0 radical (unpaired) electrons. The molecule has 26 heavy (non-hydrogen) atoms. The molecule has 146 valence electrons. The highest BCUT2D eigenvalue weighted by Crippen LogP contribution is 2.30. The molecule has 4 amide bonds. The van der Waals surface area contributed by atoms with E-state index in [0.717, 1.165) is 24.3 Å². The van der Waals surface area contributed by atoms with Gasteiger partial charge in [-0.2, -0.15) is 13.5 Å². The lowest BCUT2D eigenvalue weighted by Crippen LogP contribution is -2.55. The van der Waals surface area contributed by atoms with Gasteiger partial charge in [-0.25, -0.2) is 4.79 Å².